The lowest BCUT2D eigenvalue weighted by molar-refractivity contribution is 0.0276. The van der Waals surface area contributed by atoms with E-state index in [2.05, 4.69) is 5.16 Å². The van der Waals surface area contributed by atoms with E-state index in [1.807, 2.05) is 0 Å². The second-order valence-electron chi connectivity index (χ2n) is 4.43. The highest BCUT2D eigenvalue weighted by molar-refractivity contribution is 6.30. The first-order valence-electron chi connectivity index (χ1n) is 5.94. The number of ether oxygens (including phenoxy) is 1. The highest BCUT2D eigenvalue weighted by atomic mass is 35.5. The van der Waals surface area contributed by atoms with Crippen LogP contribution in [0.3, 0.4) is 0 Å². The molecule has 0 unspecified atom stereocenters. The van der Waals surface area contributed by atoms with Crippen molar-refractivity contribution in [3.05, 3.63) is 34.6 Å². The van der Waals surface area contributed by atoms with Crippen molar-refractivity contribution in [2.45, 2.75) is 38.4 Å². The summed E-state index contributed by atoms with van der Waals surface area (Å²) in [6.45, 7) is 0.379. The Labute approximate surface area is 110 Å². The Hall–Kier alpha value is -1.13. The molecule has 0 amide bonds. The quantitative estimate of drug-likeness (QED) is 0.672. The molecular weight excluding hydrogens is 257 g/mol. The van der Waals surface area contributed by atoms with E-state index >= 15 is 0 Å². The van der Waals surface area contributed by atoms with Gasteiger partial charge in [0.15, 0.2) is 0 Å². The van der Waals surface area contributed by atoms with Gasteiger partial charge in [-0.3, -0.25) is 0 Å². The van der Waals surface area contributed by atoms with Crippen molar-refractivity contribution in [2.24, 2.45) is 5.16 Å². The molecule has 98 valence electrons. The molecule has 1 N–H and O–H groups in total. The van der Waals surface area contributed by atoms with E-state index in [1.54, 1.807) is 6.07 Å². The van der Waals surface area contributed by atoms with Crippen molar-refractivity contribution in [3.8, 4) is 0 Å². The summed E-state index contributed by atoms with van der Waals surface area (Å²) in [5.41, 5.74) is 1.60. The van der Waals surface area contributed by atoms with Gasteiger partial charge in [-0.2, -0.15) is 0 Å². The lowest BCUT2D eigenvalue weighted by Crippen LogP contribution is -2.21. The summed E-state index contributed by atoms with van der Waals surface area (Å²) in [6, 6.07) is 4.69. The van der Waals surface area contributed by atoms with Crippen LogP contribution in [0.25, 0.3) is 0 Å². The van der Waals surface area contributed by atoms with Gasteiger partial charge in [0.2, 0.25) is 0 Å². The number of hydrogen-bond donors (Lipinski definition) is 1. The monoisotopic (exact) mass is 271 g/mol. The maximum atomic E-state index is 13.2. The minimum absolute atomic E-state index is 0.125. The lowest BCUT2D eigenvalue weighted by Gasteiger charge is -2.22. The molecule has 0 radical (unpaired) electrons. The molecule has 0 aliphatic heterocycles. The third kappa shape index (κ3) is 3.43. The fourth-order valence-corrected chi connectivity index (χ4v) is 2.15. The molecule has 0 bridgehead atoms. The van der Waals surface area contributed by atoms with Crippen LogP contribution >= 0.6 is 11.6 Å². The van der Waals surface area contributed by atoms with Crippen LogP contribution in [-0.4, -0.2) is 17.0 Å². The van der Waals surface area contributed by atoms with E-state index in [0.717, 1.165) is 37.0 Å². The zero-order chi connectivity index (χ0) is 13.0. The molecule has 1 aliphatic rings. The van der Waals surface area contributed by atoms with Gasteiger partial charge in [0, 0.05) is 0 Å². The van der Waals surface area contributed by atoms with Gasteiger partial charge in [-0.25, -0.2) is 4.39 Å². The summed E-state index contributed by atoms with van der Waals surface area (Å²) >= 11 is 5.61. The summed E-state index contributed by atoms with van der Waals surface area (Å²) in [4.78, 5) is 0. The molecule has 18 heavy (non-hydrogen) atoms. The van der Waals surface area contributed by atoms with Gasteiger partial charge in [-0.1, -0.05) is 22.8 Å². The highest BCUT2D eigenvalue weighted by Gasteiger charge is 2.18. The van der Waals surface area contributed by atoms with Crippen LogP contribution in [0, 0.1) is 5.82 Å². The second-order valence-corrected chi connectivity index (χ2v) is 4.83. The molecular formula is C13H15ClFNO2. The molecule has 0 saturated heterocycles. The number of hydrogen-bond acceptors (Lipinski definition) is 3. The first-order valence-corrected chi connectivity index (χ1v) is 6.32. The minimum Gasteiger partial charge on any atom is -0.411 e. The molecule has 5 heteroatoms. The second kappa shape index (κ2) is 6.16. The van der Waals surface area contributed by atoms with Crippen molar-refractivity contribution < 1.29 is 14.3 Å². The maximum Gasteiger partial charge on any atom is 0.142 e. The summed E-state index contributed by atoms with van der Waals surface area (Å²) in [5.74, 6) is -0.420. The Morgan fingerprint density at radius 2 is 2.11 bits per heavy atom. The number of oxime groups is 1. The van der Waals surface area contributed by atoms with Crippen molar-refractivity contribution in [3.63, 3.8) is 0 Å². The SMILES string of the molecule is ON=C1CCC(OCc2ccc(Cl)c(F)c2)CC1. The van der Waals surface area contributed by atoms with E-state index in [9.17, 15) is 4.39 Å². The van der Waals surface area contributed by atoms with Crippen LogP contribution < -0.4 is 0 Å². The molecule has 1 saturated carbocycles. The van der Waals surface area contributed by atoms with E-state index in [1.165, 1.54) is 12.1 Å². The molecule has 0 heterocycles. The van der Waals surface area contributed by atoms with Crippen LogP contribution in [0.15, 0.2) is 23.4 Å². The summed E-state index contributed by atoms with van der Waals surface area (Å²) in [5, 5.41) is 12.0. The van der Waals surface area contributed by atoms with Gasteiger partial charge in [-0.05, 0) is 43.4 Å². The number of rotatable bonds is 3. The van der Waals surface area contributed by atoms with Gasteiger partial charge < -0.3 is 9.94 Å². The lowest BCUT2D eigenvalue weighted by atomic mass is 9.96. The molecule has 0 spiro atoms. The fourth-order valence-electron chi connectivity index (χ4n) is 2.03. The first-order chi connectivity index (χ1) is 8.69. The van der Waals surface area contributed by atoms with Gasteiger partial charge >= 0.3 is 0 Å². The Balaban J connectivity index is 1.83. The summed E-state index contributed by atoms with van der Waals surface area (Å²) < 4.78 is 18.9. The molecule has 1 aromatic rings. The van der Waals surface area contributed by atoms with Crippen molar-refractivity contribution >= 4 is 17.3 Å². The number of halogens is 2. The Morgan fingerprint density at radius 3 is 2.72 bits per heavy atom. The van der Waals surface area contributed by atoms with E-state index in [4.69, 9.17) is 21.5 Å². The van der Waals surface area contributed by atoms with Crippen LogP contribution in [0.2, 0.25) is 5.02 Å². The fraction of sp³-hybridized carbons (Fsp3) is 0.462. The van der Waals surface area contributed by atoms with Gasteiger partial charge in [0.05, 0.1) is 23.4 Å². The standard InChI is InChI=1S/C13H15ClFNO2/c14-12-6-1-9(7-13(12)15)8-18-11-4-2-10(16-17)3-5-11/h1,6-7,11,17H,2-5,8H2. The van der Waals surface area contributed by atoms with Crippen LogP contribution in [0.5, 0.6) is 0 Å². The zero-order valence-electron chi connectivity index (χ0n) is 9.90. The Morgan fingerprint density at radius 1 is 1.39 bits per heavy atom. The predicted molar refractivity (Wildman–Crippen MR) is 67.7 cm³/mol. The van der Waals surface area contributed by atoms with Crippen LogP contribution in [0.1, 0.15) is 31.2 Å². The molecule has 0 aromatic heterocycles. The average molecular weight is 272 g/mol. The normalized spacial score (nSPS) is 19.9. The van der Waals surface area contributed by atoms with Crippen LogP contribution in [-0.2, 0) is 11.3 Å². The minimum atomic E-state index is -0.420. The molecule has 1 fully saturated rings. The van der Waals surface area contributed by atoms with Gasteiger partial charge in [0.25, 0.3) is 0 Å². The highest BCUT2D eigenvalue weighted by Crippen LogP contribution is 2.21. The van der Waals surface area contributed by atoms with E-state index in [-0.39, 0.29) is 11.1 Å². The predicted octanol–water partition coefficient (Wildman–Crippen LogP) is 3.77. The smallest absolute Gasteiger partial charge is 0.142 e. The van der Waals surface area contributed by atoms with Gasteiger partial charge in [0.1, 0.15) is 5.82 Å². The van der Waals surface area contributed by atoms with Crippen LogP contribution in [0.4, 0.5) is 4.39 Å². The topological polar surface area (TPSA) is 41.8 Å². The third-order valence-electron chi connectivity index (χ3n) is 3.12. The maximum absolute atomic E-state index is 13.2. The number of benzene rings is 1. The van der Waals surface area contributed by atoms with Crippen molar-refractivity contribution in [2.75, 3.05) is 0 Å². The summed E-state index contributed by atoms with van der Waals surface area (Å²) in [7, 11) is 0. The van der Waals surface area contributed by atoms with Crippen molar-refractivity contribution in [1.82, 2.24) is 0 Å². The number of nitrogens with zero attached hydrogens (tertiary/aromatic N) is 1. The summed E-state index contributed by atoms with van der Waals surface area (Å²) in [6.07, 6.45) is 3.35. The third-order valence-corrected chi connectivity index (χ3v) is 3.43. The Bertz CT molecular complexity index is 441. The molecule has 0 atom stereocenters. The zero-order valence-corrected chi connectivity index (χ0v) is 10.7. The Kier molecular flexibility index (Phi) is 4.55. The first kappa shape index (κ1) is 13.3. The average Bonchev–Trinajstić information content (AvgIpc) is 2.41. The molecule has 1 aromatic carbocycles. The van der Waals surface area contributed by atoms with Crippen molar-refractivity contribution in [1.29, 1.82) is 0 Å². The van der Waals surface area contributed by atoms with E-state index in [0.29, 0.717) is 6.61 Å². The van der Waals surface area contributed by atoms with E-state index < -0.39 is 5.82 Å². The largest absolute Gasteiger partial charge is 0.411 e. The molecule has 1 aliphatic carbocycles. The molecule has 2 rings (SSSR count). The van der Waals surface area contributed by atoms with Gasteiger partial charge in [-0.15, -0.1) is 0 Å². The molecule has 3 nitrogen and oxygen atoms in total.